The van der Waals surface area contributed by atoms with E-state index in [0.29, 0.717) is 31.4 Å². The molecule has 3 aliphatic rings. The molecule has 6 nitrogen and oxygen atoms in total. The molecule has 3 atom stereocenters. The molecule has 3 saturated heterocycles. The average molecular weight is 379 g/mol. The Bertz CT molecular complexity index is 687. The predicted molar refractivity (Wildman–Crippen MR) is 97.2 cm³/mol. The summed E-state index contributed by atoms with van der Waals surface area (Å²) in [5.41, 5.74) is 0.541. The number of amides is 2. The van der Waals surface area contributed by atoms with Crippen molar-refractivity contribution < 1.29 is 19.1 Å². The standard InChI is InChI=1S/C19H23ClN2O4/c20-14-1-3-16(4-2-14)22-11-13(9-17(22)23)18(24)21-15-5-7-26-19(10-15)6-8-25-12-19/h1-4,13,15H,5-12H2,(H,21,24)/t13-,15-,19-/m1/s1. The molecular formula is C19H23ClN2O4. The largest absolute Gasteiger partial charge is 0.378 e. The van der Waals surface area contributed by atoms with E-state index in [2.05, 4.69) is 5.32 Å². The van der Waals surface area contributed by atoms with Crippen molar-refractivity contribution in [2.24, 2.45) is 5.92 Å². The lowest BCUT2D eigenvalue weighted by Gasteiger charge is -2.37. The molecule has 0 radical (unpaired) electrons. The molecule has 0 aliphatic carbocycles. The SMILES string of the molecule is O=C(N[C@@H]1CCO[C@]2(CCOC2)C1)[C@@H]1CC(=O)N(c2ccc(Cl)cc2)C1. The highest BCUT2D eigenvalue weighted by Crippen LogP contribution is 2.33. The van der Waals surface area contributed by atoms with Gasteiger partial charge >= 0.3 is 0 Å². The maximum atomic E-state index is 12.7. The summed E-state index contributed by atoms with van der Waals surface area (Å²) < 4.78 is 11.4. The predicted octanol–water partition coefficient (Wildman–Crippen LogP) is 2.15. The second-order valence-corrected chi connectivity index (χ2v) is 7.85. The Balaban J connectivity index is 1.36. The molecule has 3 fully saturated rings. The first kappa shape index (κ1) is 17.8. The third-order valence-electron chi connectivity index (χ3n) is 5.54. The van der Waals surface area contributed by atoms with Crippen LogP contribution in [0.4, 0.5) is 5.69 Å². The van der Waals surface area contributed by atoms with Gasteiger partial charge in [-0.1, -0.05) is 11.6 Å². The van der Waals surface area contributed by atoms with E-state index in [-0.39, 0.29) is 35.8 Å². The van der Waals surface area contributed by atoms with E-state index >= 15 is 0 Å². The average Bonchev–Trinajstić information content (AvgIpc) is 3.23. The Labute approximate surface area is 157 Å². The lowest BCUT2D eigenvalue weighted by Crippen LogP contribution is -2.50. The summed E-state index contributed by atoms with van der Waals surface area (Å²) in [5, 5.41) is 3.76. The van der Waals surface area contributed by atoms with E-state index in [1.54, 1.807) is 17.0 Å². The fourth-order valence-electron chi connectivity index (χ4n) is 4.09. The highest BCUT2D eigenvalue weighted by molar-refractivity contribution is 6.30. The number of benzene rings is 1. The van der Waals surface area contributed by atoms with Crippen molar-refractivity contribution >= 4 is 29.1 Å². The van der Waals surface area contributed by atoms with Gasteiger partial charge in [-0.15, -0.1) is 0 Å². The summed E-state index contributed by atoms with van der Waals surface area (Å²) >= 11 is 5.91. The maximum Gasteiger partial charge on any atom is 0.227 e. The lowest BCUT2D eigenvalue weighted by atomic mass is 9.89. The molecule has 1 spiro atoms. The van der Waals surface area contributed by atoms with Crippen LogP contribution in [0.15, 0.2) is 24.3 Å². The van der Waals surface area contributed by atoms with Gasteiger partial charge in [-0.05, 0) is 37.1 Å². The van der Waals surface area contributed by atoms with Gasteiger partial charge in [-0.25, -0.2) is 0 Å². The fraction of sp³-hybridized carbons (Fsp3) is 0.579. The summed E-state index contributed by atoms with van der Waals surface area (Å²) in [6, 6.07) is 7.20. The third-order valence-corrected chi connectivity index (χ3v) is 5.79. The lowest BCUT2D eigenvalue weighted by molar-refractivity contribution is -0.130. The highest BCUT2D eigenvalue weighted by atomic mass is 35.5. The zero-order valence-electron chi connectivity index (χ0n) is 14.6. The zero-order chi connectivity index (χ0) is 18.1. The van der Waals surface area contributed by atoms with Crippen LogP contribution < -0.4 is 10.2 Å². The molecule has 0 bridgehead atoms. The van der Waals surface area contributed by atoms with E-state index < -0.39 is 0 Å². The van der Waals surface area contributed by atoms with E-state index in [9.17, 15) is 9.59 Å². The number of rotatable bonds is 3. The molecule has 3 heterocycles. The molecule has 1 aromatic rings. The molecule has 3 aliphatic heterocycles. The number of carbonyl (C=O) groups is 2. The second kappa shape index (κ2) is 7.18. The Kier molecular flexibility index (Phi) is 4.90. The van der Waals surface area contributed by atoms with Crippen LogP contribution in [-0.2, 0) is 19.1 Å². The molecule has 0 saturated carbocycles. The molecule has 140 valence electrons. The Hall–Kier alpha value is -1.63. The number of anilines is 1. The van der Waals surface area contributed by atoms with Crippen molar-refractivity contribution in [3.05, 3.63) is 29.3 Å². The third kappa shape index (κ3) is 3.59. The molecule has 0 aromatic heterocycles. The minimum atomic E-state index is -0.322. The summed E-state index contributed by atoms with van der Waals surface area (Å²) in [5.74, 6) is -0.396. The van der Waals surface area contributed by atoms with Crippen molar-refractivity contribution in [3.63, 3.8) is 0 Å². The molecule has 26 heavy (non-hydrogen) atoms. The molecule has 1 aromatic carbocycles. The van der Waals surface area contributed by atoms with Gasteiger partial charge in [0, 0.05) is 49.4 Å². The van der Waals surface area contributed by atoms with Crippen LogP contribution in [0.3, 0.4) is 0 Å². The fourth-order valence-corrected chi connectivity index (χ4v) is 4.21. The van der Waals surface area contributed by atoms with Crippen LogP contribution in [0.25, 0.3) is 0 Å². The number of carbonyl (C=O) groups excluding carboxylic acids is 2. The van der Waals surface area contributed by atoms with Crippen molar-refractivity contribution in [3.8, 4) is 0 Å². The Morgan fingerprint density at radius 2 is 2.08 bits per heavy atom. The van der Waals surface area contributed by atoms with Crippen LogP contribution in [0.5, 0.6) is 0 Å². The summed E-state index contributed by atoms with van der Waals surface area (Å²) in [7, 11) is 0. The summed E-state index contributed by atoms with van der Waals surface area (Å²) in [6.45, 7) is 2.36. The van der Waals surface area contributed by atoms with Crippen molar-refractivity contribution in [2.75, 3.05) is 31.3 Å². The number of halogens is 1. The van der Waals surface area contributed by atoms with Crippen molar-refractivity contribution in [2.45, 2.75) is 37.3 Å². The molecule has 7 heteroatoms. The van der Waals surface area contributed by atoms with Crippen molar-refractivity contribution in [1.82, 2.24) is 5.32 Å². The van der Waals surface area contributed by atoms with E-state index in [1.165, 1.54) is 0 Å². The molecular weight excluding hydrogens is 356 g/mol. The number of ether oxygens (including phenoxy) is 2. The van der Waals surface area contributed by atoms with Gasteiger partial charge in [-0.2, -0.15) is 0 Å². The molecule has 2 amide bonds. The van der Waals surface area contributed by atoms with Gasteiger partial charge in [0.2, 0.25) is 11.8 Å². The zero-order valence-corrected chi connectivity index (χ0v) is 15.3. The Morgan fingerprint density at radius 3 is 2.81 bits per heavy atom. The number of hydrogen-bond acceptors (Lipinski definition) is 4. The number of nitrogens with zero attached hydrogens (tertiary/aromatic N) is 1. The van der Waals surface area contributed by atoms with Gasteiger partial charge in [0.05, 0.1) is 18.1 Å². The van der Waals surface area contributed by atoms with Gasteiger partial charge in [0.15, 0.2) is 0 Å². The topological polar surface area (TPSA) is 67.9 Å². The van der Waals surface area contributed by atoms with Gasteiger partial charge in [0.25, 0.3) is 0 Å². The number of nitrogens with one attached hydrogen (secondary N) is 1. The highest BCUT2D eigenvalue weighted by Gasteiger charge is 2.42. The van der Waals surface area contributed by atoms with Gasteiger partial charge in [0.1, 0.15) is 0 Å². The first-order valence-corrected chi connectivity index (χ1v) is 9.50. The van der Waals surface area contributed by atoms with E-state index in [4.69, 9.17) is 21.1 Å². The van der Waals surface area contributed by atoms with E-state index in [1.807, 2.05) is 12.1 Å². The molecule has 1 N–H and O–H groups in total. The molecule has 4 rings (SSSR count). The second-order valence-electron chi connectivity index (χ2n) is 7.41. The van der Waals surface area contributed by atoms with Crippen LogP contribution in [0, 0.1) is 5.92 Å². The minimum absolute atomic E-state index is 0.0277. The van der Waals surface area contributed by atoms with Crippen molar-refractivity contribution in [1.29, 1.82) is 0 Å². The van der Waals surface area contributed by atoms with E-state index in [0.717, 1.165) is 24.9 Å². The maximum absolute atomic E-state index is 12.7. The molecule has 0 unspecified atom stereocenters. The first-order chi connectivity index (χ1) is 12.5. The minimum Gasteiger partial charge on any atom is -0.378 e. The summed E-state index contributed by atoms with van der Waals surface area (Å²) in [4.78, 5) is 26.7. The van der Waals surface area contributed by atoms with Gasteiger partial charge < -0.3 is 19.7 Å². The normalized spacial score (nSPS) is 31.6. The van der Waals surface area contributed by atoms with Crippen LogP contribution >= 0.6 is 11.6 Å². The monoisotopic (exact) mass is 378 g/mol. The first-order valence-electron chi connectivity index (χ1n) is 9.13. The smallest absolute Gasteiger partial charge is 0.227 e. The quantitative estimate of drug-likeness (QED) is 0.875. The van der Waals surface area contributed by atoms with Crippen LogP contribution in [0.1, 0.15) is 25.7 Å². The van der Waals surface area contributed by atoms with Gasteiger partial charge in [-0.3, -0.25) is 9.59 Å². The Morgan fingerprint density at radius 1 is 1.27 bits per heavy atom. The van der Waals surface area contributed by atoms with Crippen LogP contribution in [-0.4, -0.2) is 49.8 Å². The van der Waals surface area contributed by atoms with Crippen LogP contribution in [0.2, 0.25) is 5.02 Å². The summed E-state index contributed by atoms with van der Waals surface area (Å²) in [6.07, 6.45) is 2.70. The number of hydrogen-bond donors (Lipinski definition) is 1.